The number of nitrogens with one attached hydrogen (secondary N) is 1. The molecule has 1 fully saturated rings. The number of carbonyl (C=O) groups is 2. The van der Waals surface area contributed by atoms with Gasteiger partial charge in [0.25, 0.3) is 0 Å². The van der Waals surface area contributed by atoms with Gasteiger partial charge in [-0.25, -0.2) is 0 Å². The predicted molar refractivity (Wildman–Crippen MR) is 95.5 cm³/mol. The molecule has 0 radical (unpaired) electrons. The molecule has 1 aromatic carbocycles. The molecule has 1 aliphatic rings. The summed E-state index contributed by atoms with van der Waals surface area (Å²) in [5, 5.41) is 6.98. The van der Waals surface area contributed by atoms with Crippen molar-refractivity contribution in [3.05, 3.63) is 60.4 Å². The first-order valence-corrected chi connectivity index (χ1v) is 8.45. The van der Waals surface area contributed by atoms with Crippen LogP contribution in [0.15, 0.2) is 54.9 Å². The first-order chi connectivity index (χ1) is 12.1. The van der Waals surface area contributed by atoms with Crippen LogP contribution in [0.1, 0.15) is 24.9 Å². The number of aromatic nitrogens is 2. The van der Waals surface area contributed by atoms with Gasteiger partial charge in [0.05, 0.1) is 6.04 Å². The van der Waals surface area contributed by atoms with E-state index < -0.39 is 6.04 Å². The van der Waals surface area contributed by atoms with E-state index in [9.17, 15) is 9.59 Å². The summed E-state index contributed by atoms with van der Waals surface area (Å²) in [6.07, 6.45) is 7.72. The van der Waals surface area contributed by atoms with E-state index in [2.05, 4.69) is 10.4 Å². The number of amides is 2. The maximum absolute atomic E-state index is 12.5. The molecule has 2 aromatic rings. The second-order valence-electron chi connectivity index (χ2n) is 6.19. The van der Waals surface area contributed by atoms with Gasteiger partial charge in [0.15, 0.2) is 0 Å². The predicted octanol–water partition coefficient (Wildman–Crippen LogP) is 1.87. The minimum Gasteiger partial charge on any atom is -0.341 e. The molecule has 2 atom stereocenters. The summed E-state index contributed by atoms with van der Waals surface area (Å²) in [5.41, 5.74) is 0.943. The van der Waals surface area contributed by atoms with Crippen LogP contribution >= 0.6 is 0 Å². The van der Waals surface area contributed by atoms with Gasteiger partial charge in [-0.2, -0.15) is 5.10 Å². The van der Waals surface area contributed by atoms with Crippen molar-refractivity contribution in [3.8, 4) is 0 Å². The second kappa shape index (κ2) is 7.79. The summed E-state index contributed by atoms with van der Waals surface area (Å²) in [4.78, 5) is 26.3. The van der Waals surface area contributed by atoms with Gasteiger partial charge in [0.1, 0.15) is 6.04 Å². The van der Waals surface area contributed by atoms with Crippen LogP contribution in [0.2, 0.25) is 0 Å². The number of hydrogen-bond acceptors (Lipinski definition) is 3. The molecule has 1 N–H and O–H groups in total. The fourth-order valence-corrected chi connectivity index (χ4v) is 2.99. The average molecular weight is 338 g/mol. The van der Waals surface area contributed by atoms with E-state index in [4.69, 9.17) is 0 Å². The largest absolute Gasteiger partial charge is 0.341 e. The van der Waals surface area contributed by atoms with Crippen molar-refractivity contribution in [3.63, 3.8) is 0 Å². The van der Waals surface area contributed by atoms with Crippen LogP contribution in [-0.4, -0.2) is 45.6 Å². The zero-order chi connectivity index (χ0) is 17.6. The monoisotopic (exact) mass is 338 g/mol. The number of nitrogens with zero attached hydrogens (tertiary/aromatic N) is 3. The molecular weight excluding hydrogens is 316 g/mol. The van der Waals surface area contributed by atoms with Crippen molar-refractivity contribution < 1.29 is 9.59 Å². The Bertz CT molecular complexity index is 740. The van der Waals surface area contributed by atoms with E-state index in [1.165, 1.54) is 6.08 Å². The minimum absolute atomic E-state index is 0.0592. The zero-order valence-electron chi connectivity index (χ0n) is 14.2. The molecule has 2 unspecified atom stereocenters. The van der Waals surface area contributed by atoms with Crippen LogP contribution in [0.5, 0.6) is 0 Å². The maximum atomic E-state index is 12.5. The zero-order valence-corrected chi connectivity index (χ0v) is 14.2. The van der Waals surface area contributed by atoms with Crippen molar-refractivity contribution in [2.75, 3.05) is 13.1 Å². The van der Waals surface area contributed by atoms with Crippen molar-refractivity contribution >= 4 is 17.9 Å². The smallest absolute Gasteiger partial charge is 0.244 e. The molecule has 2 amide bonds. The molecule has 6 nitrogen and oxygen atoms in total. The number of rotatable bonds is 5. The summed E-state index contributed by atoms with van der Waals surface area (Å²) in [5.74, 6) is -0.330. The van der Waals surface area contributed by atoms with Gasteiger partial charge in [-0.1, -0.05) is 30.3 Å². The molecule has 6 heteroatoms. The van der Waals surface area contributed by atoms with Gasteiger partial charge in [-0.05, 0) is 31.1 Å². The van der Waals surface area contributed by atoms with E-state index >= 15 is 0 Å². The number of carbonyl (C=O) groups excluding carboxylic acids is 2. The quantitative estimate of drug-likeness (QED) is 0.847. The third-order valence-electron chi connectivity index (χ3n) is 4.33. The standard InChI is InChI=1S/C19H22N4O2/c1-15(21-18(24)9-8-16-6-3-2-4-7-16)19(25)22-13-10-17(14-22)23-12-5-11-20-23/h2-9,11-12,15,17H,10,13-14H2,1H3,(H,21,24)/b9-8+. The fourth-order valence-electron chi connectivity index (χ4n) is 2.99. The number of hydrogen-bond donors (Lipinski definition) is 1. The molecule has 0 spiro atoms. The average Bonchev–Trinajstić information content (AvgIpc) is 3.31. The summed E-state index contributed by atoms with van der Waals surface area (Å²) < 4.78 is 1.89. The molecule has 0 aliphatic carbocycles. The van der Waals surface area contributed by atoms with Gasteiger partial charge in [0.2, 0.25) is 11.8 Å². The summed E-state index contributed by atoms with van der Waals surface area (Å²) in [6, 6.07) is 11.1. The molecule has 1 aromatic heterocycles. The lowest BCUT2D eigenvalue weighted by Crippen LogP contribution is -2.45. The first kappa shape index (κ1) is 17.0. The van der Waals surface area contributed by atoms with Crippen LogP contribution in [0, 0.1) is 0 Å². The Labute approximate surface area is 147 Å². The van der Waals surface area contributed by atoms with E-state index in [0.717, 1.165) is 12.0 Å². The highest BCUT2D eigenvalue weighted by atomic mass is 16.2. The van der Waals surface area contributed by atoms with Crippen LogP contribution in [0.25, 0.3) is 6.08 Å². The third-order valence-corrected chi connectivity index (χ3v) is 4.33. The molecule has 3 rings (SSSR count). The highest BCUT2D eigenvalue weighted by molar-refractivity contribution is 5.95. The van der Waals surface area contributed by atoms with E-state index in [0.29, 0.717) is 13.1 Å². The Hall–Kier alpha value is -2.89. The molecule has 0 bridgehead atoms. The molecular formula is C19H22N4O2. The Morgan fingerprint density at radius 2 is 2.08 bits per heavy atom. The van der Waals surface area contributed by atoms with Crippen molar-refractivity contribution in [2.45, 2.75) is 25.4 Å². The van der Waals surface area contributed by atoms with Gasteiger partial charge in [-0.3, -0.25) is 14.3 Å². The number of benzene rings is 1. The van der Waals surface area contributed by atoms with E-state index in [1.807, 2.05) is 47.3 Å². The SMILES string of the molecule is CC(NC(=O)/C=C/c1ccccc1)C(=O)N1CCC(n2cccn2)C1. The third kappa shape index (κ3) is 4.35. The van der Waals surface area contributed by atoms with Crippen LogP contribution in [0.3, 0.4) is 0 Å². The lowest BCUT2D eigenvalue weighted by molar-refractivity contribution is -0.134. The highest BCUT2D eigenvalue weighted by Crippen LogP contribution is 2.21. The minimum atomic E-state index is -0.552. The summed E-state index contributed by atoms with van der Waals surface area (Å²) >= 11 is 0. The molecule has 130 valence electrons. The van der Waals surface area contributed by atoms with Crippen molar-refractivity contribution in [1.29, 1.82) is 0 Å². The fraction of sp³-hybridized carbons (Fsp3) is 0.316. The first-order valence-electron chi connectivity index (χ1n) is 8.45. The summed E-state index contributed by atoms with van der Waals surface area (Å²) in [7, 11) is 0. The van der Waals surface area contributed by atoms with Crippen LogP contribution in [-0.2, 0) is 9.59 Å². The van der Waals surface area contributed by atoms with E-state index in [1.54, 1.807) is 24.1 Å². The normalized spacial score (nSPS) is 18.4. The Morgan fingerprint density at radius 3 is 2.80 bits per heavy atom. The summed E-state index contributed by atoms with van der Waals surface area (Å²) in [6.45, 7) is 3.03. The molecule has 25 heavy (non-hydrogen) atoms. The molecule has 1 saturated heterocycles. The van der Waals surface area contributed by atoms with Crippen LogP contribution in [0.4, 0.5) is 0 Å². The second-order valence-corrected chi connectivity index (χ2v) is 6.19. The lowest BCUT2D eigenvalue weighted by atomic mass is 10.2. The molecule has 0 saturated carbocycles. The van der Waals surface area contributed by atoms with Gasteiger partial charge >= 0.3 is 0 Å². The highest BCUT2D eigenvalue weighted by Gasteiger charge is 2.30. The van der Waals surface area contributed by atoms with Crippen molar-refractivity contribution in [1.82, 2.24) is 20.0 Å². The lowest BCUT2D eigenvalue weighted by Gasteiger charge is -2.21. The van der Waals surface area contributed by atoms with E-state index in [-0.39, 0.29) is 17.9 Å². The topological polar surface area (TPSA) is 67.2 Å². The maximum Gasteiger partial charge on any atom is 0.244 e. The van der Waals surface area contributed by atoms with Crippen LogP contribution < -0.4 is 5.32 Å². The van der Waals surface area contributed by atoms with Gasteiger partial charge in [0, 0.05) is 31.6 Å². The Morgan fingerprint density at radius 1 is 1.28 bits per heavy atom. The number of likely N-dealkylation sites (tertiary alicyclic amines) is 1. The Kier molecular flexibility index (Phi) is 5.28. The van der Waals surface area contributed by atoms with Crippen molar-refractivity contribution in [2.24, 2.45) is 0 Å². The van der Waals surface area contributed by atoms with Gasteiger partial charge in [-0.15, -0.1) is 0 Å². The Balaban J connectivity index is 1.51. The molecule has 2 heterocycles. The molecule has 1 aliphatic heterocycles. The van der Waals surface area contributed by atoms with Gasteiger partial charge < -0.3 is 10.2 Å².